The van der Waals surface area contributed by atoms with Crippen LogP contribution in [0.1, 0.15) is 81.5 Å². The minimum atomic E-state index is -1.09. The fourth-order valence-corrected chi connectivity index (χ4v) is 6.52. The lowest BCUT2D eigenvalue weighted by Crippen LogP contribution is -2.57. The van der Waals surface area contributed by atoms with Crippen molar-refractivity contribution in [3.05, 3.63) is 70.2 Å². The summed E-state index contributed by atoms with van der Waals surface area (Å²) in [5.41, 5.74) is 3.92. The minimum absolute atomic E-state index is 0.0724. The Hall–Kier alpha value is -2.89. The molecular weight excluding hydrogens is 428 g/mol. The maximum atomic E-state index is 13.7. The SMILES string of the molecule is CC(C)c1ccc2c(c1)CC[C@H]1[C@](C)(C(=O)N[C@H](Cc3ccc[n+]([O-])c3)C(=O)O)CCC[C@]21C. The van der Waals surface area contributed by atoms with Gasteiger partial charge in [-0.3, -0.25) is 4.79 Å². The third-order valence-electron chi connectivity index (χ3n) is 8.44. The normalized spacial score (nSPS) is 26.9. The number of nitrogens with zero attached hydrogens (tertiary/aromatic N) is 1. The van der Waals surface area contributed by atoms with Crippen LogP contribution in [0.3, 0.4) is 0 Å². The van der Waals surface area contributed by atoms with Crippen molar-refractivity contribution in [3.63, 3.8) is 0 Å². The Bertz CT molecular complexity index is 1100. The maximum absolute atomic E-state index is 13.7. The predicted octanol–water partition coefficient (Wildman–Crippen LogP) is 4.27. The Balaban J connectivity index is 1.60. The van der Waals surface area contributed by atoms with E-state index in [0.29, 0.717) is 16.2 Å². The smallest absolute Gasteiger partial charge is 0.326 e. The number of fused-ring (bicyclic) bond motifs is 3. The van der Waals surface area contributed by atoms with Gasteiger partial charge in [0.1, 0.15) is 6.04 Å². The topological polar surface area (TPSA) is 93.3 Å². The molecule has 182 valence electrons. The molecule has 0 bridgehead atoms. The van der Waals surface area contributed by atoms with Gasteiger partial charge in [-0.1, -0.05) is 52.3 Å². The number of hydrogen-bond donors (Lipinski definition) is 2. The zero-order chi connectivity index (χ0) is 24.7. The quantitative estimate of drug-likeness (QED) is 0.493. The second kappa shape index (κ2) is 9.05. The van der Waals surface area contributed by atoms with Crippen LogP contribution < -0.4 is 10.0 Å². The van der Waals surface area contributed by atoms with Crippen molar-refractivity contribution in [1.82, 2.24) is 5.32 Å². The summed E-state index contributed by atoms with van der Waals surface area (Å²) in [6.07, 6.45) is 7.34. The van der Waals surface area contributed by atoms with E-state index in [2.05, 4.69) is 44.3 Å². The van der Waals surface area contributed by atoms with Crippen LogP contribution in [0.15, 0.2) is 42.7 Å². The van der Waals surface area contributed by atoms with Gasteiger partial charge in [-0.05, 0) is 65.7 Å². The highest BCUT2D eigenvalue weighted by atomic mass is 16.5. The van der Waals surface area contributed by atoms with Gasteiger partial charge in [0.05, 0.1) is 5.41 Å². The molecule has 1 fully saturated rings. The zero-order valence-corrected chi connectivity index (χ0v) is 20.6. The first kappa shape index (κ1) is 24.2. The number of carbonyl (C=O) groups is 2. The van der Waals surface area contributed by atoms with E-state index in [1.54, 1.807) is 12.1 Å². The molecular formula is C28H36N2O4. The van der Waals surface area contributed by atoms with Crippen LogP contribution in [0, 0.1) is 16.5 Å². The molecule has 4 rings (SSSR count). The summed E-state index contributed by atoms with van der Waals surface area (Å²) in [4.78, 5) is 25.7. The van der Waals surface area contributed by atoms with Gasteiger partial charge in [-0.2, -0.15) is 4.73 Å². The largest absolute Gasteiger partial charge is 0.619 e. The van der Waals surface area contributed by atoms with Crippen LogP contribution in [0.4, 0.5) is 0 Å². The molecule has 1 aromatic carbocycles. The van der Waals surface area contributed by atoms with Gasteiger partial charge in [0.2, 0.25) is 5.91 Å². The number of benzene rings is 1. The molecule has 2 aromatic rings. The second-order valence-electron chi connectivity index (χ2n) is 11.0. The van der Waals surface area contributed by atoms with Gasteiger partial charge >= 0.3 is 5.97 Å². The number of carboxylic acid groups (broad SMARTS) is 1. The van der Waals surface area contributed by atoms with Gasteiger partial charge in [-0.15, -0.1) is 0 Å². The van der Waals surface area contributed by atoms with Crippen LogP contribution in [-0.4, -0.2) is 23.0 Å². The van der Waals surface area contributed by atoms with Crippen molar-refractivity contribution < 1.29 is 19.4 Å². The molecule has 0 spiro atoms. The highest BCUT2D eigenvalue weighted by molar-refractivity contribution is 5.88. The number of aromatic nitrogens is 1. The molecule has 2 aliphatic rings. The molecule has 0 aliphatic heterocycles. The predicted molar refractivity (Wildman–Crippen MR) is 130 cm³/mol. The van der Waals surface area contributed by atoms with Crippen molar-refractivity contribution in [2.24, 2.45) is 11.3 Å². The van der Waals surface area contributed by atoms with E-state index in [0.717, 1.165) is 32.1 Å². The Morgan fingerprint density at radius 3 is 2.68 bits per heavy atom. The molecule has 1 saturated carbocycles. The molecule has 0 radical (unpaired) electrons. The first-order valence-electron chi connectivity index (χ1n) is 12.4. The zero-order valence-electron chi connectivity index (χ0n) is 20.6. The first-order chi connectivity index (χ1) is 16.0. The van der Waals surface area contributed by atoms with Gasteiger partial charge in [-0.25, -0.2) is 4.79 Å². The lowest BCUT2D eigenvalue weighted by Gasteiger charge is -2.54. The van der Waals surface area contributed by atoms with E-state index in [1.807, 2.05) is 6.92 Å². The van der Waals surface area contributed by atoms with E-state index in [1.165, 1.54) is 29.1 Å². The number of rotatable bonds is 6. The van der Waals surface area contributed by atoms with Gasteiger partial charge in [0.25, 0.3) is 0 Å². The average Bonchev–Trinajstić information content (AvgIpc) is 2.78. The van der Waals surface area contributed by atoms with Crippen LogP contribution in [0.5, 0.6) is 0 Å². The van der Waals surface area contributed by atoms with Crippen LogP contribution in [0.2, 0.25) is 0 Å². The Morgan fingerprint density at radius 2 is 2.00 bits per heavy atom. The molecule has 1 aromatic heterocycles. The highest BCUT2D eigenvalue weighted by Gasteiger charge is 2.55. The Morgan fingerprint density at radius 1 is 1.24 bits per heavy atom. The minimum Gasteiger partial charge on any atom is -0.619 e. The first-order valence-corrected chi connectivity index (χ1v) is 12.4. The summed E-state index contributed by atoms with van der Waals surface area (Å²) in [6.45, 7) is 8.73. The fourth-order valence-electron chi connectivity index (χ4n) is 6.52. The number of pyridine rings is 1. The maximum Gasteiger partial charge on any atom is 0.326 e. The summed E-state index contributed by atoms with van der Waals surface area (Å²) in [5, 5.41) is 24.3. The number of aryl methyl sites for hydroxylation is 1. The van der Waals surface area contributed by atoms with Crippen molar-refractivity contribution in [2.75, 3.05) is 0 Å². The van der Waals surface area contributed by atoms with Crippen molar-refractivity contribution >= 4 is 11.9 Å². The van der Waals surface area contributed by atoms with Gasteiger partial charge < -0.3 is 15.6 Å². The van der Waals surface area contributed by atoms with Crippen molar-refractivity contribution in [1.29, 1.82) is 0 Å². The lowest BCUT2D eigenvalue weighted by molar-refractivity contribution is -0.605. The molecule has 34 heavy (non-hydrogen) atoms. The molecule has 2 N–H and O–H groups in total. The molecule has 0 unspecified atom stereocenters. The number of hydrogen-bond acceptors (Lipinski definition) is 3. The van der Waals surface area contributed by atoms with E-state index in [-0.39, 0.29) is 23.7 Å². The molecule has 6 nitrogen and oxygen atoms in total. The summed E-state index contributed by atoms with van der Waals surface area (Å²) >= 11 is 0. The standard InChI is InChI=1S/C28H36N2O4/c1-18(2)20-8-10-22-21(16-20)9-11-24-27(22,3)12-6-13-28(24,4)26(33)29-23(25(31)32)15-19-7-5-14-30(34)17-19/h5,7-8,10,14,16-18,23-24H,6,9,11-13,15H2,1-4H3,(H,29,33)(H,31,32)/t23-,24-,27-,28-/m1/s1. The average molecular weight is 465 g/mol. The van der Waals surface area contributed by atoms with Gasteiger partial charge in [0, 0.05) is 18.1 Å². The van der Waals surface area contributed by atoms with E-state index < -0.39 is 17.4 Å². The lowest BCUT2D eigenvalue weighted by atomic mass is 9.49. The van der Waals surface area contributed by atoms with Crippen molar-refractivity contribution in [3.8, 4) is 0 Å². The van der Waals surface area contributed by atoms with Gasteiger partial charge in [0.15, 0.2) is 12.4 Å². The van der Waals surface area contributed by atoms with E-state index in [4.69, 9.17) is 0 Å². The highest BCUT2D eigenvalue weighted by Crippen LogP contribution is 2.57. The fraction of sp³-hybridized carbons (Fsp3) is 0.536. The van der Waals surface area contributed by atoms with Crippen LogP contribution in [-0.2, 0) is 27.8 Å². The monoisotopic (exact) mass is 464 g/mol. The summed E-state index contributed by atoms with van der Waals surface area (Å²) in [6, 6.07) is 9.06. The number of nitrogens with one attached hydrogen (secondary N) is 1. The summed E-state index contributed by atoms with van der Waals surface area (Å²) in [5.74, 6) is -0.663. The molecule has 1 heterocycles. The molecule has 2 aliphatic carbocycles. The summed E-state index contributed by atoms with van der Waals surface area (Å²) in [7, 11) is 0. The molecule has 6 heteroatoms. The number of aliphatic carboxylic acids is 1. The molecule has 1 amide bonds. The Labute approximate surface area is 202 Å². The van der Waals surface area contributed by atoms with E-state index in [9.17, 15) is 19.9 Å². The molecule has 4 atom stereocenters. The van der Waals surface area contributed by atoms with E-state index >= 15 is 0 Å². The van der Waals surface area contributed by atoms with Crippen LogP contribution in [0.25, 0.3) is 0 Å². The third-order valence-corrected chi connectivity index (χ3v) is 8.44. The van der Waals surface area contributed by atoms with Crippen LogP contribution >= 0.6 is 0 Å². The number of amides is 1. The van der Waals surface area contributed by atoms with Crippen molar-refractivity contribution in [2.45, 2.75) is 83.6 Å². The summed E-state index contributed by atoms with van der Waals surface area (Å²) < 4.78 is 0.647. The second-order valence-corrected chi connectivity index (χ2v) is 11.0. The third kappa shape index (κ3) is 4.30. The molecule has 0 saturated heterocycles. The number of carbonyl (C=O) groups excluding carboxylic acids is 1. The number of carboxylic acids is 1. The Kier molecular flexibility index (Phi) is 6.45.